The maximum absolute atomic E-state index is 5.36. The molecule has 0 aromatic carbocycles. The van der Waals surface area contributed by atoms with Crippen LogP contribution in [0.4, 0.5) is 0 Å². The van der Waals surface area contributed by atoms with E-state index in [2.05, 4.69) is 20.1 Å². The van der Waals surface area contributed by atoms with Crippen LogP contribution >= 0.6 is 12.2 Å². The number of hydrogen-bond acceptors (Lipinski definition) is 5. The highest BCUT2D eigenvalue weighted by atomic mass is 32.1. The van der Waals surface area contributed by atoms with Gasteiger partial charge in [0.05, 0.1) is 18.5 Å². The van der Waals surface area contributed by atoms with Crippen molar-refractivity contribution in [3.8, 4) is 11.6 Å². The molecule has 3 heterocycles. The Bertz CT molecular complexity index is 814. The Labute approximate surface area is 113 Å². The van der Waals surface area contributed by atoms with E-state index in [0.717, 1.165) is 11.4 Å². The minimum absolute atomic E-state index is 0.469. The Balaban J connectivity index is 2.39. The molecule has 0 atom stereocenters. The van der Waals surface area contributed by atoms with Crippen LogP contribution in [-0.2, 0) is 7.05 Å². The van der Waals surface area contributed by atoms with Crippen LogP contribution in [0.25, 0.3) is 16.9 Å². The first-order chi connectivity index (χ1) is 9.11. The molecule has 0 aliphatic heterocycles. The van der Waals surface area contributed by atoms with Gasteiger partial charge in [-0.2, -0.15) is 10.1 Å². The second-order valence-electron chi connectivity index (χ2n) is 4.12. The van der Waals surface area contributed by atoms with Crippen molar-refractivity contribution in [2.45, 2.75) is 6.92 Å². The minimum Gasteiger partial charge on any atom is -0.479 e. The van der Waals surface area contributed by atoms with Gasteiger partial charge in [0.25, 0.3) is 0 Å². The molecule has 0 aliphatic carbocycles. The van der Waals surface area contributed by atoms with Gasteiger partial charge in [-0.3, -0.25) is 9.25 Å². The first-order valence-electron chi connectivity index (χ1n) is 5.62. The number of aromatic nitrogens is 6. The lowest BCUT2D eigenvalue weighted by atomic mass is 10.4. The summed E-state index contributed by atoms with van der Waals surface area (Å²) in [5.74, 6) is 0.469. The van der Waals surface area contributed by atoms with E-state index in [9.17, 15) is 0 Å². The SMILES string of the molecule is COc1ncnc2c1[nH]c(=S)n2-c1cn(C)nc1C. The molecule has 3 rings (SSSR count). The molecule has 98 valence electrons. The summed E-state index contributed by atoms with van der Waals surface area (Å²) < 4.78 is 9.31. The average molecular weight is 276 g/mol. The predicted octanol–water partition coefficient (Wildman–Crippen LogP) is 1.53. The number of rotatable bonds is 2. The molecule has 0 unspecified atom stereocenters. The number of hydrogen-bond donors (Lipinski definition) is 1. The average Bonchev–Trinajstić information content (AvgIpc) is 2.87. The molecular weight excluding hydrogens is 264 g/mol. The van der Waals surface area contributed by atoms with Crippen molar-refractivity contribution in [2.24, 2.45) is 7.05 Å². The molecule has 0 amide bonds. The molecule has 0 saturated heterocycles. The molecule has 0 spiro atoms. The highest BCUT2D eigenvalue weighted by Gasteiger charge is 2.15. The Hall–Kier alpha value is -2.22. The molecule has 0 saturated carbocycles. The number of ether oxygens (including phenoxy) is 1. The maximum atomic E-state index is 5.36. The van der Waals surface area contributed by atoms with Gasteiger partial charge in [-0.15, -0.1) is 0 Å². The lowest BCUT2D eigenvalue weighted by molar-refractivity contribution is 0.401. The van der Waals surface area contributed by atoms with E-state index in [-0.39, 0.29) is 0 Å². The predicted molar refractivity (Wildman–Crippen MR) is 72.1 cm³/mol. The van der Waals surface area contributed by atoms with Gasteiger partial charge >= 0.3 is 0 Å². The zero-order chi connectivity index (χ0) is 13.6. The van der Waals surface area contributed by atoms with Gasteiger partial charge in [-0.05, 0) is 19.1 Å². The molecule has 3 aromatic heterocycles. The normalized spacial score (nSPS) is 11.1. The van der Waals surface area contributed by atoms with Crippen molar-refractivity contribution in [3.05, 3.63) is 23.0 Å². The molecular formula is C11H12N6OS. The van der Waals surface area contributed by atoms with Crippen LogP contribution in [0, 0.1) is 11.7 Å². The zero-order valence-corrected chi connectivity index (χ0v) is 11.5. The zero-order valence-electron chi connectivity index (χ0n) is 10.7. The van der Waals surface area contributed by atoms with Gasteiger partial charge in [-0.25, -0.2) is 4.98 Å². The minimum atomic E-state index is 0.469. The fourth-order valence-electron chi connectivity index (χ4n) is 2.08. The van der Waals surface area contributed by atoms with Gasteiger partial charge in [0, 0.05) is 13.2 Å². The monoisotopic (exact) mass is 276 g/mol. The summed E-state index contributed by atoms with van der Waals surface area (Å²) in [4.78, 5) is 11.4. The lowest BCUT2D eigenvalue weighted by Gasteiger charge is -2.02. The fourth-order valence-corrected chi connectivity index (χ4v) is 2.37. The van der Waals surface area contributed by atoms with Gasteiger partial charge in [0.15, 0.2) is 10.4 Å². The third-order valence-corrected chi connectivity index (χ3v) is 3.15. The van der Waals surface area contributed by atoms with Crippen LogP contribution < -0.4 is 4.74 Å². The second-order valence-corrected chi connectivity index (χ2v) is 4.51. The number of aromatic amines is 1. The van der Waals surface area contributed by atoms with Crippen LogP contribution in [0.2, 0.25) is 0 Å². The first kappa shape index (κ1) is 11.8. The largest absolute Gasteiger partial charge is 0.479 e. The summed E-state index contributed by atoms with van der Waals surface area (Å²) in [7, 11) is 3.43. The van der Waals surface area contributed by atoms with Gasteiger partial charge in [-0.1, -0.05) is 0 Å². The highest BCUT2D eigenvalue weighted by molar-refractivity contribution is 7.71. The van der Waals surface area contributed by atoms with Gasteiger partial charge in [0.2, 0.25) is 5.88 Å². The Morgan fingerprint density at radius 2 is 2.16 bits per heavy atom. The summed E-state index contributed by atoms with van der Waals surface area (Å²) >= 11 is 5.36. The van der Waals surface area contributed by atoms with Crippen molar-refractivity contribution < 1.29 is 4.74 Å². The first-order valence-corrected chi connectivity index (χ1v) is 6.03. The summed E-state index contributed by atoms with van der Waals surface area (Å²) in [6, 6.07) is 0. The van der Waals surface area contributed by atoms with E-state index in [1.165, 1.54) is 6.33 Å². The number of H-pyrrole nitrogens is 1. The van der Waals surface area contributed by atoms with Crippen LogP contribution in [0.15, 0.2) is 12.5 Å². The number of nitrogens with one attached hydrogen (secondary N) is 1. The standard InChI is InChI=1S/C11H12N6OS/c1-6-7(4-16(2)15-6)17-9-8(14-11(17)19)10(18-3)13-5-12-9/h4-5H,1-3H3,(H,14,19). The Kier molecular flexibility index (Phi) is 2.59. The van der Waals surface area contributed by atoms with Crippen molar-refractivity contribution in [1.82, 2.24) is 29.3 Å². The molecule has 0 aliphatic rings. The van der Waals surface area contributed by atoms with Crippen molar-refractivity contribution in [1.29, 1.82) is 0 Å². The van der Waals surface area contributed by atoms with Crippen molar-refractivity contribution in [2.75, 3.05) is 7.11 Å². The second kappa shape index (κ2) is 4.16. The number of nitrogens with zero attached hydrogens (tertiary/aromatic N) is 5. The highest BCUT2D eigenvalue weighted by Crippen LogP contribution is 2.24. The molecule has 7 nitrogen and oxygen atoms in total. The maximum Gasteiger partial charge on any atom is 0.242 e. The van der Waals surface area contributed by atoms with E-state index in [1.807, 2.05) is 24.7 Å². The fraction of sp³-hybridized carbons (Fsp3) is 0.273. The van der Waals surface area contributed by atoms with Crippen molar-refractivity contribution in [3.63, 3.8) is 0 Å². The Morgan fingerprint density at radius 1 is 1.37 bits per heavy atom. The Morgan fingerprint density at radius 3 is 2.79 bits per heavy atom. The van der Waals surface area contributed by atoms with E-state index < -0.39 is 0 Å². The van der Waals surface area contributed by atoms with E-state index in [1.54, 1.807) is 11.8 Å². The summed E-state index contributed by atoms with van der Waals surface area (Å²) in [5, 5.41) is 4.32. The van der Waals surface area contributed by atoms with E-state index >= 15 is 0 Å². The molecule has 0 bridgehead atoms. The lowest BCUT2D eigenvalue weighted by Crippen LogP contribution is -1.97. The van der Waals surface area contributed by atoms with Crippen LogP contribution in [0.1, 0.15) is 5.69 Å². The van der Waals surface area contributed by atoms with Crippen molar-refractivity contribution >= 4 is 23.4 Å². The van der Waals surface area contributed by atoms with Crippen LogP contribution in [0.3, 0.4) is 0 Å². The summed E-state index contributed by atoms with van der Waals surface area (Å²) in [5.41, 5.74) is 3.11. The quantitative estimate of drug-likeness (QED) is 0.718. The van der Waals surface area contributed by atoms with Crippen LogP contribution in [0.5, 0.6) is 5.88 Å². The van der Waals surface area contributed by atoms with E-state index in [0.29, 0.717) is 21.8 Å². The van der Waals surface area contributed by atoms with Gasteiger partial charge in [0.1, 0.15) is 11.8 Å². The number of imidazole rings is 1. The topological polar surface area (TPSA) is 73.6 Å². The van der Waals surface area contributed by atoms with Gasteiger partial charge < -0.3 is 9.72 Å². The van der Waals surface area contributed by atoms with E-state index in [4.69, 9.17) is 17.0 Å². The van der Waals surface area contributed by atoms with Crippen LogP contribution in [-0.4, -0.2) is 36.4 Å². The number of methoxy groups -OCH3 is 1. The molecule has 1 N–H and O–H groups in total. The summed E-state index contributed by atoms with van der Waals surface area (Å²) in [6.07, 6.45) is 3.35. The number of fused-ring (bicyclic) bond motifs is 1. The number of aryl methyl sites for hydroxylation is 2. The third-order valence-electron chi connectivity index (χ3n) is 2.86. The molecule has 0 fully saturated rings. The smallest absolute Gasteiger partial charge is 0.242 e. The molecule has 3 aromatic rings. The third kappa shape index (κ3) is 1.72. The molecule has 19 heavy (non-hydrogen) atoms. The molecule has 0 radical (unpaired) electrons. The molecule has 8 heteroatoms. The summed E-state index contributed by atoms with van der Waals surface area (Å²) in [6.45, 7) is 1.92.